The summed E-state index contributed by atoms with van der Waals surface area (Å²) in [4.78, 5) is 13.6. The Morgan fingerprint density at radius 1 is 1.15 bits per heavy atom. The summed E-state index contributed by atoms with van der Waals surface area (Å²) in [7, 11) is 4.09. The number of nitrogens with one attached hydrogen (secondary N) is 1. The van der Waals surface area contributed by atoms with Crippen LogP contribution in [-0.2, 0) is 0 Å². The lowest BCUT2D eigenvalue weighted by atomic mass is 9.96. The van der Waals surface area contributed by atoms with Crippen LogP contribution in [0.2, 0.25) is 5.02 Å². The fourth-order valence-electron chi connectivity index (χ4n) is 6.62. The van der Waals surface area contributed by atoms with Gasteiger partial charge >= 0.3 is 6.01 Å². The van der Waals surface area contributed by atoms with Crippen LogP contribution in [-0.4, -0.2) is 83.6 Å². The summed E-state index contributed by atoms with van der Waals surface area (Å²) < 4.78 is 22.9. The number of hydrogen-bond acceptors (Lipinski definition) is 8. The summed E-state index contributed by atoms with van der Waals surface area (Å²) in [5.74, 6) is -0.0300. The number of hydrogen-bond donors (Lipinski definition) is 3. The average Bonchev–Trinajstić information content (AvgIpc) is 3.64. The van der Waals surface area contributed by atoms with Gasteiger partial charge in [-0.05, 0) is 67.9 Å². The molecule has 7 rings (SSSR count). The summed E-state index contributed by atoms with van der Waals surface area (Å²) in [5, 5.41) is 26.6. The molecular weight excluding hydrogens is 545 g/mol. The molecule has 3 heterocycles. The number of rotatable bonds is 7. The van der Waals surface area contributed by atoms with Crippen LogP contribution >= 0.6 is 11.6 Å². The number of piperazine rings is 1. The Bertz CT molecular complexity index is 1660. The van der Waals surface area contributed by atoms with Gasteiger partial charge in [0.15, 0.2) is 5.82 Å². The molecular formula is C31H33ClFN5O3. The molecule has 0 radical (unpaired) electrons. The number of halogens is 2. The van der Waals surface area contributed by atoms with Gasteiger partial charge < -0.3 is 30.1 Å². The van der Waals surface area contributed by atoms with E-state index in [1.807, 2.05) is 38.4 Å². The number of phenols is 1. The van der Waals surface area contributed by atoms with Crippen molar-refractivity contribution >= 4 is 39.1 Å². The average molecular weight is 578 g/mol. The van der Waals surface area contributed by atoms with E-state index in [0.29, 0.717) is 42.9 Å². The maximum Gasteiger partial charge on any atom is 0.319 e. The van der Waals surface area contributed by atoms with E-state index in [0.717, 1.165) is 30.2 Å². The van der Waals surface area contributed by atoms with Crippen LogP contribution in [0.5, 0.6) is 11.8 Å². The van der Waals surface area contributed by atoms with Crippen LogP contribution in [0.3, 0.4) is 0 Å². The van der Waals surface area contributed by atoms with E-state index < -0.39 is 11.9 Å². The first-order valence-corrected chi connectivity index (χ1v) is 14.5. The van der Waals surface area contributed by atoms with E-state index in [1.165, 1.54) is 6.07 Å². The molecule has 2 unspecified atom stereocenters. The van der Waals surface area contributed by atoms with Gasteiger partial charge in [0, 0.05) is 42.0 Å². The van der Waals surface area contributed by atoms with Crippen LogP contribution in [0, 0.1) is 11.2 Å². The van der Waals surface area contributed by atoms with Crippen molar-refractivity contribution in [1.82, 2.24) is 20.2 Å². The Morgan fingerprint density at radius 2 is 1.95 bits per heavy atom. The molecule has 3 atom stereocenters. The van der Waals surface area contributed by atoms with Gasteiger partial charge in [0.05, 0.1) is 23.8 Å². The molecule has 2 aliphatic heterocycles. The normalized spacial score (nSPS) is 23.1. The quantitative estimate of drug-likeness (QED) is 0.294. The standard InChI is InChI=1S/C31H33ClFN5O3/c1-37(2)15-31(7-8-31)16-41-30-35-28-22(29(36-30)38-13-18-10-25(40)24(14-38)34-18)12-23(32)26(27(28)33)21-11-19(39)9-17-5-3-4-6-20(17)21/h3-6,9,11-12,18,24-25,34,39-40H,7-8,10,13-16H2,1-2H3/t18?,24-,25?/m0/s1. The van der Waals surface area contributed by atoms with Gasteiger partial charge in [-0.15, -0.1) is 0 Å². The van der Waals surface area contributed by atoms with Gasteiger partial charge in [-0.3, -0.25) is 0 Å². The molecule has 3 fully saturated rings. The molecule has 8 nitrogen and oxygen atoms in total. The molecule has 1 aromatic heterocycles. The van der Waals surface area contributed by atoms with Crippen molar-refractivity contribution < 1.29 is 19.3 Å². The van der Waals surface area contributed by atoms with Crippen LogP contribution in [0.1, 0.15) is 19.3 Å². The van der Waals surface area contributed by atoms with Gasteiger partial charge in [0.1, 0.15) is 17.1 Å². The topological polar surface area (TPSA) is 94.0 Å². The highest BCUT2D eigenvalue weighted by Crippen LogP contribution is 2.47. The number of anilines is 1. The molecule has 10 heteroatoms. The first-order chi connectivity index (χ1) is 19.7. The predicted octanol–water partition coefficient (Wildman–Crippen LogP) is 4.58. The molecule has 3 aliphatic rings. The molecule has 214 valence electrons. The van der Waals surface area contributed by atoms with E-state index in [2.05, 4.69) is 20.1 Å². The minimum atomic E-state index is -0.593. The number of aliphatic hydroxyl groups excluding tert-OH is 1. The zero-order chi connectivity index (χ0) is 28.5. The van der Waals surface area contributed by atoms with Crippen LogP contribution < -0.4 is 15.0 Å². The molecule has 41 heavy (non-hydrogen) atoms. The third kappa shape index (κ3) is 4.84. The molecule has 1 saturated carbocycles. The maximum absolute atomic E-state index is 16.7. The van der Waals surface area contributed by atoms with Crippen molar-refractivity contribution in [3.05, 3.63) is 53.3 Å². The molecule has 2 bridgehead atoms. The number of aromatic hydroxyl groups is 1. The monoisotopic (exact) mass is 577 g/mol. The highest BCUT2D eigenvalue weighted by Gasteiger charge is 2.44. The Hall–Kier alpha value is -3.24. The molecule has 2 saturated heterocycles. The third-order valence-corrected chi connectivity index (χ3v) is 8.97. The molecule has 3 N–H and O–H groups in total. The number of benzene rings is 3. The Labute approximate surface area is 242 Å². The lowest BCUT2D eigenvalue weighted by molar-refractivity contribution is 0.162. The van der Waals surface area contributed by atoms with Gasteiger partial charge in [-0.25, -0.2) is 4.39 Å². The van der Waals surface area contributed by atoms with Gasteiger partial charge in [-0.1, -0.05) is 35.9 Å². The lowest BCUT2D eigenvalue weighted by Gasteiger charge is -2.34. The minimum Gasteiger partial charge on any atom is -0.508 e. The molecule has 3 aromatic carbocycles. The summed E-state index contributed by atoms with van der Waals surface area (Å²) in [5.41, 5.74) is 0.813. The third-order valence-electron chi connectivity index (χ3n) is 8.67. The highest BCUT2D eigenvalue weighted by atomic mass is 35.5. The Morgan fingerprint density at radius 3 is 2.71 bits per heavy atom. The smallest absolute Gasteiger partial charge is 0.319 e. The molecule has 0 amide bonds. The summed E-state index contributed by atoms with van der Waals surface area (Å²) in [6, 6.07) is 12.5. The van der Waals surface area contributed by atoms with Crippen LogP contribution in [0.25, 0.3) is 32.8 Å². The summed E-state index contributed by atoms with van der Waals surface area (Å²) in [6.45, 7) is 2.47. The zero-order valence-electron chi connectivity index (χ0n) is 23.1. The van der Waals surface area contributed by atoms with Gasteiger partial charge in [0.2, 0.25) is 0 Å². The van der Waals surface area contributed by atoms with Crippen LogP contribution in [0.15, 0.2) is 42.5 Å². The minimum absolute atomic E-state index is 0.0205. The number of nitrogens with zero attached hydrogens (tertiary/aromatic N) is 4. The number of fused-ring (bicyclic) bond motifs is 4. The summed E-state index contributed by atoms with van der Waals surface area (Å²) >= 11 is 6.83. The fraction of sp³-hybridized carbons (Fsp3) is 0.419. The molecule has 0 spiro atoms. The van der Waals surface area contributed by atoms with Gasteiger partial charge in [-0.2, -0.15) is 9.97 Å². The van der Waals surface area contributed by atoms with Crippen molar-refractivity contribution in [3.63, 3.8) is 0 Å². The van der Waals surface area contributed by atoms with Crippen molar-refractivity contribution in [2.45, 2.75) is 37.5 Å². The van der Waals surface area contributed by atoms with E-state index in [-0.39, 0.29) is 45.4 Å². The van der Waals surface area contributed by atoms with Crippen molar-refractivity contribution in [1.29, 1.82) is 0 Å². The second-order valence-corrected chi connectivity index (χ2v) is 12.6. The van der Waals surface area contributed by atoms with Crippen LogP contribution in [0.4, 0.5) is 10.2 Å². The second kappa shape index (κ2) is 9.94. The van der Waals surface area contributed by atoms with Gasteiger partial charge in [0.25, 0.3) is 0 Å². The molecule has 4 aromatic rings. The number of aromatic nitrogens is 2. The van der Waals surface area contributed by atoms with E-state index >= 15 is 4.39 Å². The van der Waals surface area contributed by atoms with E-state index in [1.54, 1.807) is 12.1 Å². The maximum atomic E-state index is 16.7. The number of ether oxygens (including phenoxy) is 1. The fourth-order valence-corrected chi connectivity index (χ4v) is 6.91. The Balaban J connectivity index is 1.37. The lowest BCUT2D eigenvalue weighted by Crippen LogP contribution is -2.53. The van der Waals surface area contributed by atoms with Crippen molar-refractivity contribution in [3.8, 4) is 22.9 Å². The largest absolute Gasteiger partial charge is 0.508 e. The molecule has 1 aliphatic carbocycles. The predicted molar refractivity (Wildman–Crippen MR) is 158 cm³/mol. The highest BCUT2D eigenvalue weighted by molar-refractivity contribution is 6.35. The number of phenolic OH excluding ortho intramolecular Hbond substituents is 1. The van der Waals surface area contributed by atoms with Crippen molar-refractivity contribution in [2.75, 3.05) is 45.2 Å². The first-order valence-electron chi connectivity index (χ1n) is 14.1. The Kier molecular flexibility index (Phi) is 6.46. The zero-order valence-corrected chi connectivity index (χ0v) is 23.8. The van der Waals surface area contributed by atoms with Crippen molar-refractivity contribution in [2.24, 2.45) is 5.41 Å². The summed E-state index contributed by atoms with van der Waals surface area (Å²) in [6.07, 6.45) is 2.33. The van der Waals surface area contributed by atoms with E-state index in [9.17, 15) is 10.2 Å². The SMILES string of the molecule is CN(C)CC1(COc2nc(N3CC4CC(O)[C@H](C3)N4)c3cc(Cl)c(-c4cc(O)cc5ccccc45)c(F)c3n2)CC1. The first kappa shape index (κ1) is 26.6. The number of aliphatic hydroxyl groups is 1. The second-order valence-electron chi connectivity index (χ2n) is 12.2. The van der Waals surface area contributed by atoms with E-state index in [4.69, 9.17) is 21.3 Å².